The number of carbonyl (C=O) groups is 1. The van der Waals surface area contributed by atoms with Crippen molar-refractivity contribution in [3.05, 3.63) is 69.3 Å². The van der Waals surface area contributed by atoms with Gasteiger partial charge in [0.1, 0.15) is 11.4 Å². The maximum atomic E-state index is 11.6. The number of hydrogen-bond acceptors (Lipinski definition) is 3. The van der Waals surface area contributed by atoms with E-state index >= 15 is 0 Å². The Morgan fingerprint density at radius 2 is 1.57 bits per heavy atom. The first-order valence-electron chi connectivity index (χ1n) is 8.92. The summed E-state index contributed by atoms with van der Waals surface area (Å²) in [5.41, 5.74) is 1.68. The molecule has 0 unspecified atom stereocenters. The number of carbonyl (C=O) groups excluding carboxylic acids is 1. The standard InChI is InChI=1S/C21H17Cl3N2O2/c22-14-3-1-13(2-4-14)19-12-20(21(28)9-7-16(27)8-10-21)25-26(19)18-6-5-15(23)11-17(18)24/h1-6,11-12,28H,7-10H2. The van der Waals surface area contributed by atoms with Crippen molar-refractivity contribution in [2.45, 2.75) is 31.3 Å². The molecule has 0 amide bonds. The highest BCUT2D eigenvalue weighted by Crippen LogP contribution is 2.38. The minimum Gasteiger partial charge on any atom is -0.383 e. The van der Waals surface area contributed by atoms with Gasteiger partial charge < -0.3 is 5.11 Å². The molecule has 0 saturated heterocycles. The van der Waals surface area contributed by atoms with Gasteiger partial charge in [-0.1, -0.05) is 46.9 Å². The summed E-state index contributed by atoms with van der Waals surface area (Å²) in [5, 5.41) is 17.4. The number of halogens is 3. The summed E-state index contributed by atoms with van der Waals surface area (Å²) in [5.74, 6) is 0.169. The average molecular weight is 436 g/mol. The van der Waals surface area contributed by atoms with Gasteiger partial charge in [0.25, 0.3) is 0 Å². The summed E-state index contributed by atoms with van der Waals surface area (Å²) in [4.78, 5) is 11.6. The molecule has 1 saturated carbocycles. The molecule has 28 heavy (non-hydrogen) atoms. The van der Waals surface area contributed by atoms with E-state index in [1.165, 1.54) is 0 Å². The van der Waals surface area contributed by atoms with Gasteiger partial charge in [-0.3, -0.25) is 4.79 Å². The number of Topliss-reactive ketones (excluding diaryl/α,β-unsaturated/α-hetero) is 1. The third-order valence-corrected chi connectivity index (χ3v) is 5.89. The predicted octanol–water partition coefficient (Wildman–Crippen LogP) is 5.83. The topological polar surface area (TPSA) is 55.1 Å². The lowest BCUT2D eigenvalue weighted by Gasteiger charge is -2.29. The normalized spacial score (nSPS) is 16.4. The van der Waals surface area contributed by atoms with Crippen molar-refractivity contribution < 1.29 is 9.90 Å². The average Bonchev–Trinajstić information content (AvgIpc) is 3.11. The lowest BCUT2D eigenvalue weighted by molar-refractivity contribution is -0.125. The summed E-state index contributed by atoms with van der Waals surface area (Å²) in [6, 6.07) is 14.4. The molecular weight excluding hydrogens is 419 g/mol. The van der Waals surface area contributed by atoms with Gasteiger partial charge in [0.2, 0.25) is 0 Å². The molecule has 0 aliphatic heterocycles. The zero-order chi connectivity index (χ0) is 19.9. The van der Waals surface area contributed by atoms with Crippen LogP contribution in [0.5, 0.6) is 0 Å². The van der Waals surface area contributed by atoms with E-state index in [2.05, 4.69) is 5.10 Å². The summed E-state index contributed by atoms with van der Waals surface area (Å²) in [7, 11) is 0. The Morgan fingerprint density at radius 1 is 0.929 bits per heavy atom. The van der Waals surface area contributed by atoms with Gasteiger partial charge in [0, 0.05) is 28.5 Å². The first-order chi connectivity index (χ1) is 13.4. The molecule has 1 N–H and O–H groups in total. The van der Waals surface area contributed by atoms with Crippen LogP contribution in [0.25, 0.3) is 16.9 Å². The monoisotopic (exact) mass is 434 g/mol. The second-order valence-corrected chi connectivity index (χ2v) is 8.28. The maximum Gasteiger partial charge on any atom is 0.133 e. The van der Waals surface area contributed by atoms with Crippen LogP contribution in [-0.2, 0) is 10.4 Å². The largest absolute Gasteiger partial charge is 0.383 e. The fourth-order valence-electron chi connectivity index (χ4n) is 3.47. The minimum absolute atomic E-state index is 0.169. The molecule has 0 spiro atoms. The van der Waals surface area contributed by atoms with Crippen LogP contribution < -0.4 is 0 Å². The van der Waals surface area contributed by atoms with E-state index in [0.29, 0.717) is 52.1 Å². The highest BCUT2D eigenvalue weighted by atomic mass is 35.5. The third-order valence-electron chi connectivity index (χ3n) is 5.10. The van der Waals surface area contributed by atoms with Crippen LogP contribution in [0.2, 0.25) is 15.1 Å². The molecular formula is C21H17Cl3N2O2. The van der Waals surface area contributed by atoms with Crippen LogP contribution >= 0.6 is 34.8 Å². The summed E-state index contributed by atoms with van der Waals surface area (Å²) in [6.07, 6.45) is 1.41. The number of aromatic nitrogens is 2. The smallest absolute Gasteiger partial charge is 0.133 e. The van der Waals surface area contributed by atoms with Gasteiger partial charge in [-0.25, -0.2) is 4.68 Å². The molecule has 2 aromatic carbocycles. The number of nitrogens with zero attached hydrogens (tertiary/aromatic N) is 2. The molecule has 1 aliphatic carbocycles. The van der Waals surface area contributed by atoms with Crippen molar-refractivity contribution in [3.8, 4) is 16.9 Å². The second-order valence-electron chi connectivity index (χ2n) is 7.00. The van der Waals surface area contributed by atoms with Crippen LogP contribution in [0.4, 0.5) is 0 Å². The van der Waals surface area contributed by atoms with Crippen molar-refractivity contribution in [1.82, 2.24) is 9.78 Å². The van der Waals surface area contributed by atoms with E-state index < -0.39 is 5.60 Å². The lowest BCUT2D eigenvalue weighted by Crippen LogP contribution is -2.32. The van der Waals surface area contributed by atoms with E-state index in [-0.39, 0.29) is 5.78 Å². The Balaban J connectivity index is 1.87. The van der Waals surface area contributed by atoms with Gasteiger partial charge in [0.05, 0.1) is 22.1 Å². The molecule has 1 heterocycles. The molecule has 0 bridgehead atoms. The van der Waals surface area contributed by atoms with Gasteiger partial charge in [-0.05, 0) is 49.2 Å². The van der Waals surface area contributed by atoms with Crippen LogP contribution in [0, 0.1) is 0 Å². The van der Waals surface area contributed by atoms with Crippen LogP contribution in [0.1, 0.15) is 31.4 Å². The van der Waals surface area contributed by atoms with E-state index in [0.717, 1.165) is 11.3 Å². The van der Waals surface area contributed by atoms with Gasteiger partial charge >= 0.3 is 0 Å². The molecule has 144 valence electrons. The van der Waals surface area contributed by atoms with E-state index in [1.54, 1.807) is 35.0 Å². The quantitative estimate of drug-likeness (QED) is 0.563. The highest BCUT2D eigenvalue weighted by molar-refractivity contribution is 6.35. The Labute approximate surface area is 177 Å². The Morgan fingerprint density at radius 3 is 2.21 bits per heavy atom. The number of aliphatic hydroxyl groups is 1. The molecule has 1 aromatic heterocycles. The summed E-state index contributed by atoms with van der Waals surface area (Å²) >= 11 is 18.5. The number of ketones is 1. The molecule has 0 radical (unpaired) electrons. The van der Waals surface area contributed by atoms with Crippen molar-refractivity contribution in [1.29, 1.82) is 0 Å². The van der Waals surface area contributed by atoms with Crippen LogP contribution in [0.3, 0.4) is 0 Å². The number of hydrogen-bond donors (Lipinski definition) is 1. The predicted molar refractivity (Wildman–Crippen MR) is 111 cm³/mol. The lowest BCUT2D eigenvalue weighted by atomic mass is 9.82. The van der Waals surface area contributed by atoms with Crippen molar-refractivity contribution in [2.24, 2.45) is 0 Å². The van der Waals surface area contributed by atoms with Gasteiger partial charge in [-0.15, -0.1) is 0 Å². The molecule has 4 rings (SSSR count). The van der Waals surface area contributed by atoms with Crippen molar-refractivity contribution in [3.63, 3.8) is 0 Å². The maximum absolute atomic E-state index is 11.6. The SMILES string of the molecule is O=C1CCC(O)(c2cc(-c3ccc(Cl)cc3)n(-c3ccc(Cl)cc3Cl)n2)CC1. The molecule has 1 fully saturated rings. The Hall–Kier alpha value is -1.85. The van der Waals surface area contributed by atoms with E-state index in [4.69, 9.17) is 34.8 Å². The molecule has 3 aromatic rings. The molecule has 1 aliphatic rings. The number of benzene rings is 2. The van der Waals surface area contributed by atoms with Gasteiger partial charge in [-0.2, -0.15) is 5.10 Å². The minimum atomic E-state index is -1.14. The zero-order valence-electron chi connectivity index (χ0n) is 14.8. The van der Waals surface area contributed by atoms with Gasteiger partial charge in [0.15, 0.2) is 0 Å². The summed E-state index contributed by atoms with van der Waals surface area (Å²) in [6.45, 7) is 0. The molecule has 4 nitrogen and oxygen atoms in total. The number of rotatable bonds is 3. The fraction of sp³-hybridized carbons (Fsp3) is 0.238. The third kappa shape index (κ3) is 3.70. The second kappa shape index (κ2) is 7.53. The zero-order valence-corrected chi connectivity index (χ0v) is 17.1. The summed E-state index contributed by atoms with van der Waals surface area (Å²) < 4.78 is 1.70. The van der Waals surface area contributed by atoms with E-state index in [1.807, 2.05) is 18.2 Å². The Kier molecular flexibility index (Phi) is 5.23. The van der Waals surface area contributed by atoms with Crippen molar-refractivity contribution in [2.75, 3.05) is 0 Å². The fourth-order valence-corrected chi connectivity index (χ4v) is 4.08. The first kappa shape index (κ1) is 19.5. The Bertz CT molecular complexity index is 1030. The van der Waals surface area contributed by atoms with E-state index in [9.17, 15) is 9.90 Å². The molecule has 0 atom stereocenters. The highest BCUT2D eigenvalue weighted by Gasteiger charge is 2.37. The van der Waals surface area contributed by atoms with Crippen molar-refractivity contribution >= 4 is 40.6 Å². The van der Waals surface area contributed by atoms with Crippen LogP contribution in [-0.4, -0.2) is 20.7 Å². The molecule has 7 heteroatoms. The van der Waals surface area contributed by atoms with Crippen LogP contribution in [0.15, 0.2) is 48.5 Å². The first-order valence-corrected chi connectivity index (χ1v) is 10.1.